The maximum atomic E-state index is 13.2. The van der Waals surface area contributed by atoms with Gasteiger partial charge in [0.05, 0.1) is 12.6 Å². The molecule has 1 N–H and O–H groups in total. The summed E-state index contributed by atoms with van der Waals surface area (Å²) in [5, 5.41) is 0. The number of aromatic amines is 1. The number of carbonyl (C=O) groups is 3. The second kappa shape index (κ2) is 9.01. The Hall–Kier alpha value is -2.11. The number of aryl methyl sites for hydroxylation is 1. The van der Waals surface area contributed by atoms with Gasteiger partial charge in [-0.2, -0.15) is 0 Å². The second-order valence-corrected chi connectivity index (χ2v) is 7.38. The molecular weight excluding hydrogens is 332 g/mol. The van der Waals surface area contributed by atoms with Gasteiger partial charge in [0.25, 0.3) is 0 Å². The highest BCUT2D eigenvalue weighted by Gasteiger charge is 2.32. The minimum absolute atomic E-state index is 0.0349. The first-order valence-electron chi connectivity index (χ1n) is 9.24. The lowest BCUT2D eigenvalue weighted by atomic mass is 9.98. The summed E-state index contributed by atoms with van der Waals surface area (Å²) in [6.07, 6.45) is 0.398. The Morgan fingerprint density at radius 2 is 1.65 bits per heavy atom. The molecule has 0 saturated heterocycles. The number of nitrogens with one attached hydrogen (secondary N) is 1. The Kier molecular flexibility index (Phi) is 7.60. The van der Waals surface area contributed by atoms with Crippen LogP contribution in [0.15, 0.2) is 0 Å². The van der Waals surface area contributed by atoms with Crippen LogP contribution in [0.3, 0.4) is 0 Å². The van der Waals surface area contributed by atoms with E-state index >= 15 is 0 Å². The van der Waals surface area contributed by atoms with Crippen LogP contribution >= 0.6 is 0 Å². The molecule has 0 spiro atoms. The summed E-state index contributed by atoms with van der Waals surface area (Å²) >= 11 is 0. The van der Waals surface area contributed by atoms with Crippen LogP contribution in [0.25, 0.3) is 0 Å². The number of hydrogen-bond acceptors (Lipinski definition) is 4. The molecule has 1 aromatic rings. The average Bonchev–Trinajstić information content (AvgIpc) is 2.80. The maximum absolute atomic E-state index is 13.2. The molecular formula is C20H32N2O4. The van der Waals surface area contributed by atoms with E-state index in [0.717, 1.165) is 0 Å². The van der Waals surface area contributed by atoms with E-state index in [1.165, 1.54) is 0 Å². The molecule has 1 heterocycles. The number of esters is 1. The number of Topliss-reactive ketones (excluding diaryl/α,β-unsaturated/α-hetero) is 1. The number of carbonyl (C=O) groups excluding carboxylic acids is 3. The number of ether oxygens (including phenoxy) is 1. The van der Waals surface area contributed by atoms with Crippen LogP contribution in [0, 0.1) is 19.8 Å². The van der Waals surface area contributed by atoms with E-state index in [2.05, 4.69) is 4.98 Å². The monoisotopic (exact) mass is 364 g/mol. The minimum Gasteiger partial charge on any atom is -0.461 e. The van der Waals surface area contributed by atoms with E-state index in [4.69, 9.17) is 4.74 Å². The molecule has 0 aromatic carbocycles. The molecule has 1 amide bonds. The van der Waals surface area contributed by atoms with Gasteiger partial charge in [0.1, 0.15) is 5.69 Å². The van der Waals surface area contributed by atoms with Crippen molar-refractivity contribution in [3.8, 4) is 0 Å². The molecule has 146 valence electrons. The van der Waals surface area contributed by atoms with E-state index in [1.54, 1.807) is 32.6 Å². The largest absolute Gasteiger partial charge is 0.461 e. The molecule has 1 aromatic heterocycles. The zero-order chi connectivity index (χ0) is 20.2. The third kappa shape index (κ3) is 4.74. The van der Waals surface area contributed by atoms with Gasteiger partial charge in [-0.05, 0) is 53.0 Å². The topological polar surface area (TPSA) is 79.5 Å². The molecule has 6 heteroatoms. The maximum Gasteiger partial charge on any atom is 0.355 e. The van der Waals surface area contributed by atoms with Crippen LogP contribution in [0.5, 0.6) is 0 Å². The van der Waals surface area contributed by atoms with Gasteiger partial charge in [-0.3, -0.25) is 9.59 Å². The highest BCUT2D eigenvalue weighted by molar-refractivity contribution is 6.06. The lowest BCUT2D eigenvalue weighted by Crippen LogP contribution is -2.47. The van der Waals surface area contributed by atoms with Crippen LogP contribution in [0.2, 0.25) is 0 Å². The zero-order valence-corrected chi connectivity index (χ0v) is 17.2. The molecule has 0 fully saturated rings. The lowest BCUT2D eigenvalue weighted by molar-refractivity contribution is -0.135. The van der Waals surface area contributed by atoms with Gasteiger partial charge in [0.2, 0.25) is 5.91 Å². The second-order valence-electron chi connectivity index (χ2n) is 7.38. The van der Waals surface area contributed by atoms with Crippen molar-refractivity contribution in [1.82, 2.24) is 9.88 Å². The molecule has 0 saturated carbocycles. The van der Waals surface area contributed by atoms with Crippen molar-refractivity contribution >= 4 is 17.7 Å². The molecule has 6 nitrogen and oxygen atoms in total. The van der Waals surface area contributed by atoms with Crippen molar-refractivity contribution in [1.29, 1.82) is 0 Å². The first-order valence-corrected chi connectivity index (χ1v) is 9.24. The molecule has 0 aliphatic carbocycles. The first-order chi connectivity index (χ1) is 12.0. The van der Waals surface area contributed by atoms with Crippen LogP contribution in [-0.2, 0) is 9.53 Å². The molecule has 26 heavy (non-hydrogen) atoms. The number of amides is 1. The van der Waals surface area contributed by atoms with E-state index in [9.17, 15) is 14.4 Å². The molecule has 0 aliphatic heterocycles. The van der Waals surface area contributed by atoms with E-state index in [-0.39, 0.29) is 30.3 Å². The summed E-state index contributed by atoms with van der Waals surface area (Å²) in [6.45, 7) is 15.0. The standard InChI is InChI=1S/C20H32N2O4/c1-9-26-20(25)18-13(6)17(14(7)21-18)19(24)15(8)22(12(4)5)16(23)10-11(2)3/h11-12,15,21H,9-10H2,1-8H3. The minimum atomic E-state index is -0.607. The number of ketones is 1. The molecule has 0 radical (unpaired) electrons. The number of rotatable bonds is 8. The summed E-state index contributed by atoms with van der Waals surface area (Å²) in [5.41, 5.74) is 1.94. The summed E-state index contributed by atoms with van der Waals surface area (Å²) < 4.78 is 5.04. The van der Waals surface area contributed by atoms with Gasteiger partial charge in [-0.1, -0.05) is 13.8 Å². The summed E-state index contributed by atoms with van der Waals surface area (Å²) in [7, 11) is 0. The Labute approximate surface area is 156 Å². The van der Waals surface area contributed by atoms with Gasteiger partial charge in [0.15, 0.2) is 5.78 Å². The molecule has 1 atom stereocenters. The van der Waals surface area contributed by atoms with Gasteiger partial charge in [-0.15, -0.1) is 0 Å². The fraction of sp³-hybridized carbons (Fsp3) is 0.650. The Bertz CT molecular complexity index is 674. The molecule has 1 unspecified atom stereocenters. The van der Waals surface area contributed by atoms with Gasteiger partial charge in [-0.25, -0.2) is 4.79 Å². The van der Waals surface area contributed by atoms with Crippen molar-refractivity contribution in [2.45, 2.75) is 73.9 Å². The van der Waals surface area contributed by atoms with Crippen LogP contribution in [0.1, 0.15) is 80.1 Å². The average molecular weight is 364 g/mol. The Morgan fingerprint density at radius 3 is 2.12 bits per heavy atom. The predicted molar refractivity (Wildman–Crippen MR) is 101 cm³/mol. The quantitative estimate of drug-likeness (QED) is 0.564. The number of hydrogen-bond donors (Lipinski definition) is 1. The van der Waals surface area contributed by atoms with Crippen LogP contribution in [0.4, 0.5) is 0 Å². The predicted octanol–water partition coefficient (Wildman–Crippen LogP) is 3.66. The van der Waals surface area contributed by atoms with E-state index in [1.807, 2.05) is 27.7 Å². The summed E-state index contributed by atoms with van der Waals surface area (Å²) in [6, 6.07) is -0.700. The van der Waals surface area contributed by atoms with Crippen molar-refractivity contribution in [2.24, 2.45) is 5.92 Å². The summed E-state index contributed by atoms with van der Waals surface area (Å²) in [5.74, 6) is -0.460. The summed E-state index contributed by atoms with van der Waals surface area (Å²) in [4.78, 5) is 42.4. The van der Waals surface area contributed by atoms with Crippen molar-refractivity contribution in [3.63, 3.8) is 0 Å². The van der Waals surface area contributed by atoms with Gasteiger partial charge < -0.3 is 14.6 Å². The molecule has 0 bridgehead atoms. The normalized spacial score (nSPS) is 12.4. The first kappa shape index (κ1) is 21.9. The van der Waals surface area contributed by atoms with Crippen LogP contribution < -0.4 is 0 Å². The van der Waals surface area contributed by atoms with Crippen LogP contribution in [-0.4, -0.2) is 46.2 Å². The molecule has 0 aliphatic rings. The molecule has 1 rings (SSSR count). The van der Waals surface area contributed by atoms with E-state index < -0.39 is 12.0 Å². The smallest absolute Gasteiger partial charge is 0.355 e. The number of nitrogens with zero attached hydrogens (tertiary/aromatic N) is 1. The van der Waals surface area contributed by atoms with Crippen molar-refractivity contribution in [3.05, 3.63) is 22.5 Å². The third-order valence-corrected chi connectivity index (χ3v) is 4.39. The van der Waals surface area contributed by atoms with Crippen molar-refractivity contribution in [2.75, 3.05) is 6.61 Å². The number of aromatic nitrogens is 1. The highest BCUT2D eigenvalue weighted by Crippen LogP contribution is 2.23. The van der Waals surface area contributed by atoms with Crippen molar-refractivity contribution < 1.29 is 19.1 Å². The van der Waals surface area contributed by atoms with Gasteiger partial charge >= 0.3 is 5.97 Å². The zero-order valence-electron chi connectivity index (χ0n) is 17.2. The Balaban J connectivity index is 3.21. The number of H-pyrrole nitrogens is 1. The fourth-order valence-corrected chi connectivity index (χ4v) is 3.27. The highest BCUT2D eigenvalue weighted by atomic mass is 16.5. The SMILES string of the molecule is CCOC(=O)c1[nH]c(C)c(C(=O)C(C)N(C(=O)CC(C)C)C(C)C)c1C. The third-order valence-electron chi connectivity index (χ3n) is 4.39. The fourth-order valence-electron chi connectivity index (χ4n) is 3.27. The Morgan fingerprint density at radius 1 is 1.08 bits per heavy atom. The van der Waals surface area contributed by atoms with Gasteiger partial charge in [0, 0.05) is 23.7 Å². The van der Waals surface area contributed by atoms with E-state index in [0.29, 0.717) is 28.9 Å². The lowest BCUT2D eigenvalue weighted by Gasteiger charge is -2.33.